The third kappa shape index (κ3) is 5.99. The topological polar surface area (TPSA) is 82.4 Å². The van der Waals surface area contributed by atoms with Crippen LogP contribution in [0.1, 0.15) is 31.0 Å². The zero-order valence-electron chi connectivity index (χ0n) is 20.5. The van der Waals surface area contributed by atoms with Gasteiger partial charge in [0.2, 0.25) is 5.91 Å². The Kier molecular flexibility index (Phi) is 8.54. The molecule has 2 amide bonds. The Hall–Kier alpha value is -3.73. The highest BCUT2D eigenvalue weighted by atomic mass is 35.5. The predicted molar refractivity (Wildman–Crippen MR) is 147 cm³/mol. The van der Waals surface area contributed by atoms with E-state index in [0.717, 1.165) is 11.1 Å². The minimum atomic E-state index is -0.552. The molecule has 37 heavy (non-hydrogen) atoms. The fourth-order valence-electron chi connectivity index (χ4n) is 4.04. The molecule has 0 radical (unpaired) electrons. The largest absolute Gasteiger partial charge is 0.494 e. The van der Waals surface area contributed by atoms with Crippen molar-refractivity contribution in [2.24, 2.45) is 0 Å². The van der Waals surface area contributed by atoms with Crippen LogP contribution in [0.15, 0.2) is 89.5 Å². The predicted octanol–water partition coefficient (Wildman–Crippen LogP) is 6.04. The number of hydrogen-bond acceptors (Lipinski definition) is 5. The van der Waals surface area contributed by atoms with Crippen molar-refractivity contribution in [3.8, 4) is 11.8 Å². The third-order valence-electron chi connectivity index (χ3n) is 5.92. The summed E-state index contributed by atoms with van der Waals surface area (Å²) < 4.78 is 5.53. The van der Waals surface area contributed by atoms with E-state index in [2.05, 4.69) is 11.4 Å². The summed E-state index contributed by atoms with van der Waals surface area (Å²) in [5.41, 5.74) is 2.17. The number of thioether (sulfide) groups is 1. The van der Waals surface area contributed by atoms with Crippen LogP contribution in [-0.2, 0) is 16.0 Å². The van der Waals surface area contributed by atoms with Crippen LogP contribution in [0.3, 0.4) is 0 Å². The van der Waals surface area contributed by atoms with Crippen LogP contribution in [0.4, 0.5) is 5.69 Å². The molecule has 1 saturated heterocycles. The quantitative estimate of drug-likeness (QED) is 0.283. The highest BCUT2D eigenvalue weighted by Crippen LogP contribution is 2.42. The lowest BCUT2D eigenvalue weighted by Gasteiger charge is -2.20. The number of carbonyl (C=O) groups is 2. The number of amides is 2. The van der Waals surface area contributed by atoms with Crippen LogP contribution in [0.5, 0.6) is 5.75 Å². The number of nitrogens with zero attached hydrogens (tertiary/aromatic N) is 2. The Bertz CT molecular complexity index is 1350. The minimum absolute atomic E-state index is 0.114. The molecule has 0 aromatic heterocycles. The lowest BCUT2D eigenvalue weighted by atomic mass is 10.1. The smallest absolute Gasteiger partial charge is 0.265 e. The zero-order chi connectivity index (χ0) is 26.4. The maximum atomic E-state index is 13.7. The van der Waals surface area contributed by atoms with E-state index in [-0.39, 0.29) is 17.5 Å². The van der Waals surface area contributed by atoms with E-state index < -0.39 is 11.2 Å². The van der Waals surface area contributed by atoms with Crippen LogP contribution in [0.25, 0.3) is 0 Å². The molecular weight excluding hydrogens is 506 g/mol. The average Bonchev–Trinajstić information content (AvgIpc) is 3.22. The van der Waals surface area contributed by atoms with Gasteiger partial charge in [0.15, 0.2) is 0 Å². The summed E-state index contributed by atoms with van der Waals surface area (Å²) in [6.45, 7) is 4.26. The maximum absolute atomic E-state index is 13.7. The number of anilines is 1. The zero-order valence-corrected chi connectivity index (χ0v) is 22.1. The first-order valence-electron chi connectivity index (χ1n) is 11.9. The van der Waals surface area contributed by atoms with E-state index in [1.165, 1.54) is 16.7 Å². The molecule has 2 atom stereocenters. The van der Waals surface area contributed by atoms with E-state index in [1.807, 2.05) is 62.4 Å². The molecule has 188 valence electrons. The van der Waals surface area contributed by atoms with Gasteiger partial charge in [-0.1, -0.05) is 71.9 Å². The van der Waals surface area contributed by atoms with Crippen molar-refractivity contribution in [1.29, 1.82) is 5.26 Å². The van der Waals surface area contributed by atoms with Gasteiger partial charge in [-0.05, 0) is 61.7 Å². The molecule has 0 saturated carbocycles. The molecule has 0 aliphatic carbocycles. The van der Waals surface area contributed by atoms with Crippen LogP contribution in [0.2, 0.25) is 5.02 Å². The van der Waals surface area contributed by atoms with Crippen molar-refractivity contribution in [2.45, 2.75) is 31.6 Å². The van der Waals surface area contributed by atoms with Gasteiger partial charge in [-0.2, -0.15) is 5.26 Å². The van der Waals surface area contributed by atoms with Gasteiger partial charge in [0, 0.05) is 10.7 Å². The molecule has 4 rings (SSSR count). The number of hydrogen-bond donors (Lipinski definition) is 1. The van der Waals surface area contributed by atoms with Gasteiger partial charge in [-0.25, -0.2) is 0 Å². The van der Waals surface area contributed by atoms with Crippen LogP contribution in [0, 0.1) is 11.3 Å². The van der Waals surface area contributed by atoms with Gasteiger partial charge < -0.3 is 10.1 Å². The van der Waals surface area contributed by atoms with Crippen molar-refractivity contribution in [3.63, 3.8) is 0 Å². The van der Waals surface area contributed by atoms with Gasteiger partial charge in [0.1, 0.15) is 22.4 Å². The van der Waals surface area contributed by atoms with E-state index in [0.29, 0.717) is 34.5 Å². The molecule has 6 nitrogen and oxygen atoms in total. The molecular formula is C29H26ClN3O3S. The Morgan fingerprint density at radius 2 is 1.78 bits per heavy atom. The molecule has 8 heteroatoms. The Balaban J connectivity index is 1.70. The molecule has 0 bridgehead atoms. The van der Waals surface area contributed by atoms with Crippen molar-refractivity contribution in [3.05, 3.63) is 106 Å². The number of benzene rings is 3. The first-order chi connectivity index (χ1) is 17.9. The molecule has 1 heterocycles. The van der Waals surface area contributed by atoms with Gasteiger partial charge in [0.25, 0.3) is 5.91 Å². The van der Waals surface area contributed by atoms with Crippen molar-refractivity contribution in [2.75, 3.05) is 11.5 Å². The van der Waals surface area contributed by atoms with Crippen LogP contribution in [-0.4, -0.2) is 23.7 Å². The summed E-state index contributed by atoms with van der Waals surface area (Å²) in [7, 11) is 0. The second-order valence-electron chi connectivity index (χ2n) is 8.40. The van der Waals surface area contributed by atoms with Crippen LogP contribution >= 0.6 is 23.4 Å². The Labute approximate surface area is 225 Å². The van der Waals surface area contributed by atoms with Crippen LogP contribution < -0.4 is 15.0 Å². The van der Waals surface area contributed by atoms with Crippen molar-refractivity contribution >= 4 is 40.9 Å². The molecule has 1 aliphatic heterocycles. The Morgan fingerprint density at radius 1 is 1.11 bits per heavy atom. The SMILES string of the molecule is CCOc1ccc(N2C(=O)C(Cc3ccccc3Cl)S/C2=C(/C#N)C(=O)NC(C)c2ccccc2)cc1. The number of nitrogens with one attached hydrogen (secondary N) is 1. The minimum Gasteiger partial charge on any atom is -0.494 e. The van der Waals surface area contributed by atoms with Gasteiger partial charge in [0.05, 0.1) is 17.9 Å². The highest BCUT2D eigenvalue weighted by Gasteiger charge is 2.41. The maximum Gasteiger partial charge on any atom is 0.265 e. The average molecular weight is 532 g/mol. The number of carbonyl (C=O) groups excluding carboxylic acids is 2. The van der Waals surface area contributed by atoms with E-state index in [4.69, 9.17) is 16.3 Å². The van der Waals surface area contributed by atoms with Crippen molar-refractivity contribution < 1.29 is 14.3 Å². The normalized spacial score (nSPS) is 17.2. The van der Waals surface area contributed by atoms with Gasteiger partial charge in [-0.15, -0.1) is 0 Å². The second kappa shape index (κ2) is 12.0. The molecule has 3 aromatic rings. The number of ether oxygens (including phenoxy) is 1. The summed E-state index contributed by atoms with van der Waals surface area (Å²) in [6.07, 6.45) is 0.362. The van der Waals surface area contributed by atoms with Gasteiger partial charge >= 0.3 is 0 Å². The summed E-state index contributed by atoms with van der Waals surface area (Å²) >= 11 is 7.57. The Morgan fingerprint density at radius 3 is 2.43 bits per heavy atom. The highest BCUT2D eigenvalue weighted by molar-refractivity contribution is 8.05. The fraction of sp³-hybridized carbons (Fsp3) is 0.207. The lowest BCUT2D eigenvalue weighted by Crippen LogP contribution is -2.32. The van der Waals surface area contributed by atoms with E-state index in [9.17, 15) is 14.9 Å². The molecule has 3 aromatic carbocycles. The second-order valence-corrected chi connectivity index (χ2v) is 10.00. The summed E-state index contributed by atoms with van der Waals surface area (Å²) in [5.74, 6) is -0.0946. The first kappa shape index (κ1) is 26.3. The fourth-order valence-corrected chi connectivity index (χ4v) is 5.55. The molecule has 2 unspecified atom stereocenters. The van der Waals surface area contributed by atoms with E-state index in [1.54, 1.807) is 30.3 Å². The number of halogens is 1. The van der Waals surface area contributed by atoms with E-state index >= 15 is 0 Å². The lowest BCUT2D eigenvalue weighted by molar-refractivity contribution is -0.117. The number of rotatable bonds is 8. The van der Waals surface area contributed by atoms with Crippen molar-refractivity contribution in [1.82, 2.24) is 5.32 Å². The summed E-state index contributed by atoms with van der Waals surface area (Å²) in [6, 6.07) is 25.6. The summed E-state index contributed by atoms with van der Waals surface area (Å²) in [4.78, 5) is 28.4. The summed E-state index contributed by atoms with van der Waals surface area (Å²) in [5, 5.41) is 13.3. The monoisotopic (exact) mass is 531 g/mol. The first-order valence-corrected chi connectivity index (χ1v) is 13.2. The molecule has 0 spiro atoms. The van der Waals surface area contributed by atoms with Gasteiger partial charge in [-0.3, -0.25) is 14.5 Å². The number of nitriles is 1. The molecule has 1 aliphatic rings. The standard InChI is InChI=1S/C29H26ClN3O3S/c1-3-36-23-15-13-22(14-16-23)33-28(35)26(17-21-11-7-8-12-25(21)30)37-29(33)24(18-31)27(34)32-19(2)20-9-5-4-6-10-20/h4-16,19,26H,3,17H2,1-2H3,(H,32,34)/b29-24-. The molecule has 1 N–H and O–H groups in total. The molecule has 1 fully saturated rings. The third-order valence-corrected chi connectivity index (χ3v) is 7.55.